The van der Waals surface area contributed by atoms with Gasteiger partial charge in [-0.2, -0.15) is 8.42 Å². The van der Waals surface area contributed by atoms with Crippen molar-refractivity contribution in [3.8, 4) is 0 Å². The molecule has 6 heteroatoms. The summed E-state index contributed by atoms with van der Waals surface area (Å²) in [6.07, 6.45) is 0. The van der Waals surface area contributed by atoms with Crippen LogP contribution in [0.3, 0.4) is 0 Å². The summed E-state index contributed by atoms with van der Waals surface area (Å²) < 4.78 is 29.5. The molecule has 0 fully saturated rings. The van der Waals surface area contributed by atoms with E-state index in [1.54, 1.807) is 0 Å². The van der Waals surface area contributed by atoms with E-state index < -0.39 is 10.1 Å². The maximum atomic E-state index is 10.7. The molecule has 0 atom stereocenters. The highest BCUT2D eigenvalue weighted by Crippen LogP contribution is 2.07. The zero-order valence-corrected chi connectivity index (χ0v) is 7.05. The summed E-state index contributed by atoms with van der Waals surface area (Å²) in [5.74, 6) is -0.287. The molecular formula is C6H7NO4S. The molecule has 12 heavy (non-hydrogen) atoms. The van der Waals surface area contributed by atoms with Gasteiger partial charge in [0.15, 0.2) is 10.8 Å². The van der Waals surface area contributed by atoms with Gasteiger partial charge in [-0.15, -0.1) is 0 Å². The monoisotopic (exact) mass is 189 g/mol. The molecule has 2 N–H and O–H groups in total. The summed E-state index contributed by atoms with van der Waals surface area (Å²) in [4.78, 5) is 12.9. The van der Waals surface area contributed by atoms with Gasteiger partial charge in [-0.1, -0.05) is 0 Å². The molecule has 0 radical (unpaired) electrons. The minimum atomic E-state index is -4.22. The van der Waals surface area contributed by atoms with Gasteiger partial charge < -0.3 is 4.98 Å². The molecule has 0 amide bonds. The molecule has 0 aliphatic heterocycles. The second-order valence-electron chi connectivity index (χ2n) is 2.27. The third kappa shape index (κ3) is 1.72. The fraction of sp³-hybridized carbons (Fsp3) is 0.167. The SMILES string of the molecule is CC(=O)c1ccc(S(=O)(=O)O)[nH]1. The maximum absolute atomic E-state index is 10.7. The van der Waals surface area contributed by atoms with Crippen molar-refractivity contribution in [3.05, 3.63) is 17.8 Å². The Bertz CT molecular complexity index is 403. The molecule has 0 bridgehead atoms. The van der Waals surface area contributed by atoms with Crippen molar-refractivity contribution >= 4 is 15.9 Å². The average molecular weight is 189 g/mol. The van der Waals surface area contributed by atoms with Crippen LogP contribution in [0.1, 0.15) is 17.4 Å². The molecule has 1 rings (SSSR count). The molecular weight excluding hydrogens is 182 g/mol. The predicted octanol–water partition coefficient (Wildman–Crippen LogP) is 0.464. The van der Waals surface area contributed by atoms with E-state index in [0.717, 1.165) is 6.07 Å². The highest BCUT2D eigenvalue weighted by atomic mass is 32.2. The molecule has 0 unspecified atom stereocenters. The number of hydrogen-bond acceptors (Lipinski definition) is 3. The zero-order chi connectivity index (χ0) is 9.35. The van der Waals surface area contributed by atoms with Crippen molar-refractivity contribution in [3.63, 3.8) is 0 Å². The topological polar surface area (TPSA) is 87.2 Å². The Hall–Kier alpha value is -1.14. The Labute approximate surface area is 69.2 Å². The van der Waals surface area contributed by atoms with Crippen molar-refractivity contribution in [2.24, 2.45) is 0 Å². The molecule has 0 aliphatic rings. The molecule has 0 saturated carbocycles. The first kappa shape index (κ1) is 8.95. The van der Waals surface area contributed by atoms with E-state index in [-0.39, 0.29) is 16.5 Å². The van der Waals surface area contributed by atoms with Gasteiger partial charge in [-0.3, -0.25) is 9.35 Å². The van der Waals surface area contributed by atoms with Crippen molar-refractivity contribution in [1.82, 2.24) is 4.98 Å². The van der Waals surface area contributed by atoms with E-state index in [9.17, 15) is 13.2 Å². The van der Waals surface area contributed by atoms with E-state index >= 15 is 0 Å². The number of carbonyl (C=O) groups excluding carboxylic acids is 1. The Morgan fingerprint density at radius 1 is 1.50 bits per heavy atom. The molecule has 0 spiro atoms. The summed E-state index contributed by atoms with van der Waals surface area (Å²) in [6.45, 7) is 1.29. The first-order chi connectivity index (χ1) is 5.41. The molecule has 5 nitrogen and oxygen atoms in total. The number of aromatic amines is 1. The molecule has 66 valence electrons. The van der Waals surface area contributed by atoms with Gasteiger partial charge in [0.1, 0.15) is 0 Å². The molecule has 1 aromatic rings. The summed E-state index contributed by atoms with van der Waals surface area (Å²) in [6, 6.07) is 2.43. The highest BCUT2D eigenvalue weighted by molar-refractivity contribution is 7.85. The van der Waals surface area contributed by atoms with Crippen LogP contribution in [0.15, 0.2) is 17.2 Å². The van der Waals surface area contributed by atoms with Crippen LogP contribution in [0.4, 0.5) is 0 Å². The zero-order valence-electron chi connectivity index (χ0n) is 6.23. The number of aromatic nitrogens is 1. The van der Waals surface area contributed by atoms with Crippen LogP contribution in [0, 0.1) is 0 Å². The average Bonchev–Trinajstić information content (AvgIpc) is 2.30. The summed E-state index contributed by atoms with van der Waals surface area (Å²) in [7, 11) is -4.22. The summed E-state index contributed by atoms with van der Waals surface area (Å²) in [5.41, 5.74) is 0.155. The second kappa shape index (κ2) is 2.72. The third-order valence-corrected chi connectivity index (χ3v) is 2.11. The fourth-order valence-electron chi connectivity index (χ4n) is 0.731. The number of ketones is 1. The van der Waals surface area contributed by atoms with Crippen molar-refractivity contribution in [2.45, 2.75) is 11.9 Å². The van der Waals surface area contributed by atoms with E-state index in [4.69, 9.17) is 4.55 Å². The van der Waals surface area contributed by atoms with Gasteiger partial charge in [0.25, 0.3) is 0 Å². The van der Waals surface area contributed by atoms with Crippen molar-refractivity contribution in [1.29, 1.82) is 0 Å². The smallest absolute Gasteiger partial charge is 0.310 e. The first-order valence-corrected chi connectivity index (χ1v) is 4.52. The van der Waals surface area contributed by atoms with Crippen molar-refractivity contribution < 1.29 is 17.8 Å². The van der Waals surface area contributed by atoms with Gasteiger partial charge in [0, 0.05) is 6.92 Å². The number of nitrogens with one attached hydrogen (secondary N) is 1. The maximum Gasteiger partial charge on any atom is 0.310 e. The molecule has 0 saturated heterocycles. The fourth-order valence-corrected chi connectivity index (χ4v) is 1.21. The number of carbonyl (C=O) groups is 1. The van der Waals surface area contributed by atoms with Gasteiger partial charge in [-0.05, 0) is 12.1 Å². The van der Waals surface area contributed by atoms with Crippen LogP contribution in [-0.4, -0.2) is 23.7 Å². The quantitative estimate of drug-likeness (QED) is 0.522. The lowest BCUT2D eigenvalue weighted by Gasteiger charge is -1.89. The van der Waals surface area contributed by atoms with Crippen LogP contribution in [0.2, 0.25) is 0 Å². The second-order valence-corrected chi connectivity index (χ2v) is 3.66. The lowest BCUT2D eigenvalue weighted by molar-refractivity contribution is 0.101. The lowest BCUT2D eigenvalue weighted by Crippen LogP contribution is -1.99. The van der Waals surface area contributed by atoms with Crippen molar-refractivity contribution in [2.75, 3.05) is 0 Å². The summed E-state index contributed by atoms with van der Waals surface area (Å²) >= 11 is 0. The van der Waals surface area contributed by atoms with Crippen LogP contribution in [0.25, 0.3) is 0 Å². The van der Waals surface area contributed by atoms with Gasteiger partial charge in [0.05, 0.1) is 5.69 Å². The van der Waals surface area contributed by atoms with E-state index in [0.29, 0.717) is 0 Å². The predicted molar refractivity (Wildman–Crippen MR) is 40.6 cm³/mol. The molecule has 1 aromatic heterocycles. The molecule has 0 aromatic carbocycles. The van der Waals surface area contributed by atoms with Crippen LogP contribution in [-0.2, 0) is 10.1 Å². The highest BCUT2D eigenvalue weighted by Gasteiger charge is 2.12. The Balaban J connectivity index is 3.17. The van der Waals surface area contributed by atoms with Crippen LogP contribution < -0.4 is 0 Å². The molecule has 0 aliphatic carbocycles. The summed E-state index contributed by atoms with van der Waals surface area (Å²) in [5, 5.41) is -0.368. The largest absolute Gasteiger partial charge is 0.341 e. The third-order valence-electron chi connectivity index (χ3n) is 1.32. The van der Waals surface area contributed by atoms with E-state index in [1.807, 2.05) is 0 Å². The minimum absolute atomic E-state index is 0.155. The Morgan fingerprint density at radius 2 is 2.08 bits per heavy atom. The van der Waals surface area contributed by atoms with Crippen LogP contribution in [0.5, 0.6) is 0 Å². The normalized spacial score (nSPS) is 11.5. The number of Topliss-reactive ketones (excluding diaryl/α,β-unsaturated/α-hetero) is 1. The number of hydrogen-bond donors (Lipinski definition) is 2. The van der Waals surface area contributed by atoms with Crippen LogP contribution >= 0.6 is 0 Å². The van der Waals surface area contributed by atoms with Gasteiger partial charge in [-0.25, -0.2) is 0 Å². The Kier molecular flexibility index (Phi) is 2.03. The minimum Gasteiger partial charge on any atom is -0.341 e. The standard InChI is InChI=1S/C6H7NO4S/c1-4(8)5-2-3-6(7-5)12(9,10)11/h2-3,7H,1H3,(H,9,10,11). The number of H-pyrrole nitrogens is 1. The lowest BCUT2D eigenvalue weighted by atomic mass is 10.3. The van der Waals surface area contributed by atoms with Gasteiger partial charge >= 0.3 is 10.1 Å². The van der Waals surface area contributed by atoms with Gasteiger partial charge in [0.2, 0.25) is 0 Å². The molecule has 1 heterocycles. The van der Waals surface area contributed by atoms with E-state index in [2.05, 4.69) is 4.98 Å². The Morgan fingerprint density at radius 3 is 2.33 bits per heavy atom. The first-order valence-electron chi connectivity index (χ1n) is 3.08. The van der Waals surface area contributed by atoms with E-state index in [1.165, 1.54) is 13.0 Å². The number of rotatable bonds is 2.